The molecule has 1 aromatic carbocycles. The quantitative estimate of drug-likeness (QED) is 0.790. The number of rotatable bonds is 2. The lowest BCUT2D eigenvalue weighted by atomic mass is 10.2. The van der Waals surface area contributed by atoms with Crippen LogP contribution in [0.25, 0.3) is 0 Å². The van der Waals surface area contributed by atoms with Crippen molar-refractivity contribution in [3.8, 4) is 0 Å². The first kappa shape index (κ1) is 8.96. The number of nitrogen functional groups attached to an aromatic ring is 1. The van der Waals surface area contributed by atoms with E-state index in [0.29, 0.717) is 11.1 Å². The Kier molecular flexibility index (Phi) is 2.32. The van der Waals surface area contributed by atoms with E-state index in [1.807, 2.05) is 31.2 Å². The standard InChI is InChI=1S/C9H10N4S/c1-6-3-2-4-7(5-6)11-9-12-8(10)13-14-9/h2-5H,1H3,(H3,10,11,12,13). The molecule has 0 aliphatic heterocycles. The van der Waals surface area contributed by atoms with Crippen LogP contribution in [0.5, 0.6) is 0 Å². The molecule has 72 valence electrons. The third kappa shape index (κ3) is 2.00. The fourth-order valence-electron chi connectivity index (χ4n) is 1.13. The van der Waals surface area contributed by atoms with Crippen molar-refractivity contribution in [1.82, 2.24) is 9.36 Å². The molecule has 0 unspecified atom stereocenters. The van der Waals surface area contributed by atoms with Crippen LogP contribution in [0, 0.1) is 6.92 Å². The van der Waals surface area contributed by atoms with Crippen LogP contribution >= 0.6 is 11.5 Å². The van der Waals surface area contributed by atoms with E-state index < -0.39 is 0 Å². The molecule has 0 radical (unpaired) electrons. The number of anilines is 3. The summed E-state index contributed by atoms with van der Waals surface area (Å²) in [6.45, 7) is 2.04. The first-order valence-corrected chi connectivity index (χ1v) is 4.94. The van der Waals surface area contributed by atoms with Crippen molar-refractivity contribution in [3.63, 3.8) is 0 Å². The third-order valence-electron chi connectivity index (χ3n) is 1.71. The molecule has 1 heterocycles. The molecule has 0 amide bonds. The molecule has 0 fully saturated rings. The monoisotopic (exact) mass is 206 g/mol. The zero-order chi connectivity index (χ0) is 9.97. The van der Waals surface area contributed by atoms with Gasteiger partial charge in [-0.25, -0.2) is 0 Å². The average Bonchev–Trinajstić information content (AvgIpc) is 2.51. The molecule has 0 saturated carbocycles. The van der Waals surface area contributed by atoms with E-state index in [4.69, 9.17) is 5.73 Å². The molecule has 5 heteroatoms. The van der Waals surface area contributed by atoms with E-state index in [9.17, 15) is 0 Å². The normalized spacial score (nSPS) is 10.1. The lowest BCUT2D eigenvalue weighted by Gasteiger charge is -2.01. The number of benzene rings is 1. The lowest BCUT2D eigenvalue weighted by Crippen LogP contribution is -1.91. The number of nitrogens with one attached hydrogen (secondary N) is 1. The third-order valence-corrected chi connectivity index (χ3v) is 2.36. The highest BCUT2D eigenvalue weighted by Crippen LogP contribution is 2.19. The van der Waals surface area contributed by atoms with E-state index in [-0.39, 0.29) is 0 Å². The number of nitrogens with zero attached hydrogens (tertiary/aromatic N) is 2. The average molecular weight is 206 g/mol. The second-order valence-corrected chi connectivity index (χ2v) is 3.70. The molecule has 0 aliphatic rings. The lowest BCUT2D eigenvalue weighted by molar-refractivity contribution is 1.33. The molecule has 0 atom stereocenters. The van der Waals surface area contributed by atoms with Gasteiger partial charge in [0.15, 0.2) is 0 Å². The summed E-state index contributed by atoms with van der Waals surface area (Å²) in [6, 6.07) is 8.05. The SMILES string of the molecule is Cc1cccc(Nc2nc(N)ns2)c1. The molecule has 0 bridgehead atoms. The molecule has 1 aromatic heterocycles. The Balaban J connectivity index is 2.18. The van der Waals surface area contributed by atoms with Gasteiger partial charge in [0.25, 0.3) is 0 Å². The molecule has 14 heavy (non-hydrogen) atoms. The van der Waals surface area contributed by atoms with Gasteiger partial charge in [0, 0.05) is 17.2 Å². The van der Waals surface area contributed by atoms with Crippen molar-refractivity contribution in [3.05, 3.63) is 29.8 Å². The highest BCUT2D eigenvalue weighted by Gasteiger charge is 2.00. The van der Waals surface area contributed by atoms with Crippen molar-refractivity contribution in [2.24, 2.45) is 0 Å². The maximum absolute atomic E-state index is 5.41. The van der Waals surface area contributed by atoms with Crippen LogP contribution in [-0.4, -0.2) is 9.36 Å². The van der Waals surface area contributed by atoms with Crippen LogP contribution < -0.4 is 11.1 Å². The maximum Gasteiger partial charge on any atom is 0.233 e. The van der Waals surface area contributed by atoms with Gasteiger partial charge in [-0.15, -0.1) is 0 Å². The first-order chi connectivity index (χ1) is 6.74. The van der Waals surface area contributed by atoms with Crippen LogP contribution in [-0.2, 0) is 0 Å². The van der Waals surface area contributed by atoms with Crippen molar-refractivity contribution >= 4 is 28.3 Å². The van der Waals surface area contributed by atoms with E-state index in [1.54, 1.807) is 0 Å². The van der Waals surface area contributed by atoms with E-state index in [0.717, 1.165) is 5.69 Å². The number of hydrogen-bond donors (Lipinski definition) is 2. The Morgan fingerprint density at radius 1 is 1.43 bits per heavy atom. The van der Waals surface area contributed by atoms with Crippen LogP contribution in [0.15, 0.2) is 24.3 Å². The summed E-state index contributed by atoms with van der Waals surface area (Å²) in [4.78, 5) is 4.01. The summed E-state index contributed by atoms with van der Waals surface area (Å²) >= 11 is 1.25. The minimum atomic E-state index is 0.310. The Hall–Kier alpha value is -1.62. The van der Waals surface area contributed by atoms with Crippen molar-refractivity contribution < 1.29 is 0 Å². The second-order valence-electron chi connectivity index (χ2n) is 2.95. The van der Waals surface area contributed by atoms with E-state index >= 15 is 0 Å². The summed E-state index contributed by atoms with van der Waals surface area (Å²) in [5.41, 5.74) is 7.61. The van der Waals surface area contributed by atoms with E-state index in [1.165, 1.54) is 17.1 Å². The van der Waals surface area contributed by atoms with Gasteiger partial charge in [0.1, 0.15) is 0 Å². The molecular weight excluding hydrogens is 196 g/mol. The van der Waals surface area contributed by atoms with Crippen molar-refractivity contribution in [2.75, 3.05) is 11.1 Å². The molecule has 2 aromatic rings. The van der Waals surface area contributed by atoms with Gasteiger partial charge in [-0.3, -0.25) is 0 Å². The van der Waals surface area contributed by atoms with Crippen molar-refractivity contribution in [1.29, 1.82) is 0 Å². The molecular formula is C9H10N4S. The maximum atomic E-state index is 5.41. The van der Waals surface area contributed by atoms with E-state index in [2.05, 4.69) is 14.7 Å². The van der Waals surface area contributed by atoms with Crippen molar-refractivity contribution in [2.45, 2.75) is 6.92 Å². The van der Waals surface area contributed by atoms with Gasteiger partial charge in [0.2, 0.25) is 11.1 Å². The zero-order valence-electron chi connectivity index (χ0n) is 7.69. The summed E-state index contributed by atoms with van der Waals surface area (Å²) in [7, 11) is 0. The number of aromatic nitrogens is 2. The Bertz CT molecular complexity index is 438. The summed E-state index contributed by atoms with van der Waals surface area (Å²) in [5.74, 6) is 0.310. The number of nitrogens with two attached hydrogens (primary N) is 1. The van der Waals surface area contributed by atoms with Gasteiger partial charge >= 0.3 is 0 Å². The minimum absolute atomic E-state index is 0.310. The number of hydrogen-bond acceptors (Lipinski definition) is 5. The smallest absolute Gasteiger partial charge is 0.233 e. The molecule has 0 spiro atoms. The van der Waals surface area contributed by atoms with Crippen LogP contribution in [0.2, 0.25) is 0 Å². The first-order valence-electron chi connectivity index (χ1n) is 4.17. The highest BCUT2D eigenvalue weighted by atomic mass is 32.1. The molecule has 0 saturated heterocycles. The second kappa shape index (κ2) is 3.63. The molecule has 4 nitrogen and oxygen atoms in total. The molecule has 2 rings (SSSR count). The minimum Gasteiger partial charge on any atom is -0.367 e. The van der Waals surface area contributed by atoms with Gasteiger partial charge in [-0.05, 0) is 24.6 Å². The Morgan fingerprint density at radius 2 is 2.29 bits per heavy atom. The predicted molar refractivity (Wildman–Crippen MR) is 58.8 cm³/mol. The fraction of sp³-hybridized carbons (Fsp3) is 0.111. The highest BCUT2D eigenvalue weighted by molar-refractivity contribution is 7.10. The summed E-state index contributed by atoms with van der Waals surface area (Å²) in [5, 5.41) is 3.85. The molecule has 0 aliphatic carbocycles. The molecule has 3 N–H and O–H groups in total. The Labute approximate surface area is 86.0 Å². The van der Waals surface area contributed by atoms with Crippen LogP contribution in [0.3, 0.4) is 0 Å². The zero-order valence-corrected chi connectivity index (χ0v) is 8.51. The summed E-state index contributed by atoms with van der Waals surface area (Å²) < 4.78 is 3.88. The van der Waals surface area contributed by atoms with Gasteiger partial charge in [-0.1, -0.05) is 12.1 Å². The van der Waals surface area contributed by atoms with Crippen LogP contribution in [0.1, 0.15) is 5.56 Å². The predicted octanol–water partition coefficient (Wildman–Crippen LogP) is 2.17. The van der Waals surface area contributed by atoms with Crippen LogP contribution in [0.4, 0.5) is 16.8 Å². The van der Waals surface area contributed by atoms with Gasteiger partial charge < -0.3 is 11.1 Å². The largest absolute Gasteiger partial charge is 0.367 e. The Morgan fingerprint density at radius 3 is 2.93 bits per heavy atom. The van der Waals surface area contributed by atoms with Gasteiger partial charge in [0.05, 0.1) is 0 Å². The van der Waals surface area contributed by atoms with Gasteiger partial charge in [-0.2, -0.15) is 9.36 Å². The number of aryl methyl sites for hydroxylation is 1. The topological polar surface area (TPSA) is 63.8 Å². The fourth-order valence-corrected chi connectivity index (χ4v) is 1.65. The summed E-state index contributed by atoms with van der Waals surface area (Å²) in [6.07, 6.45) is 0.